The number of rotatable bonds is 3. The fraction of sp³-hybridized carbons (Fsp3) is 0.583. The van der Waals surface area contributed by atoms with E-state index < -0.39 is 11.7 Å². The zero-order chi connectivity index (χ0) is 13.9. The number of carbonyl (C=O) groups is 2. The highest BCUT2D eigenvalue weighted by atomic mass is 16.6. The van der Waals surface area contributed by atoms with Gasteiger partial charge in [0, 0.05) is 19.7 Å². The molecule has 0 radical (unpaired) electrons. The predicted molar refractivity (Wildman–Crippen MR) is 67.7 cm³/mol. The van der Waals surface area contributed by atoms with Gasteiger partial charge in [-0.25, -0.2) is 4.79 Å². The molecule has 0 spiro atoms. The van der Waals surface area contributed by atoms with Gasteiger partial charge in [-0.15, -0.1) is 0 Å². The molecule has 0 fully saturated rings. The van der Waals surface area contributed by atoms with Gasteiger partial charge in [-0.05, 0) is 20.8 Å². The Balaban J connectivity index is 2.84. The highest BCUT2D eigenvalue weighted by Crippen LogP contribution is 2.16. The molecule has 0 saturated heterocycles. The Morgan fingerprint density at radius 2 is 2.06 bits per heavy atom. The van der Waals surface area contributed by atoms with E-state index in [1.807, 2.05) is 0 Å². The van der Waals surface area contributed by atoms with Crippen molar-refractivity contribution in [1.29, 1.82) is 0 Å². The first-order valence-electron chi connectivity index (χ1n) is 5.79. The van der Waals surface area contributed by atoms with Gasteiger partial charge in [0.15, 0.2) is 11.6 Å². The molecule has 100 valence electrons. The zero-order valence-corrected chi connectivity index (χ0v) is 11.4. The van der Waals surface area contributed by atoms with Gasteiger partial charge in [0.2, 0.25) is 0 Å². The number of amides is 1. The fourth-order valence-corrected chi connectivity index (χ4v) is 1.38. The molecule has 6 heteroatoms. The summed E-state index contributed by atoms with van der Waals surface area (Å²) < 4.78 is 6.59. The van der Waals surface area contributed by atoms with Crippen LogP contribution in [0.25, 0.3) is 0 Å². The Hall–Kier alpha value is -1.85. The van der Waals surface area contributed by atoms with E-state index in [9.17, 15) is 9.59 Å². The lowest BCUT2D eigenvalue weighted by atomic mass is 10.2. The van der Waals surface area contributed by atoms with Crippen LogP contribution in [-0.4, -0.2) is 27.3 Å². The first kappa shape index (κ1) is 14.2. The Bertz CT molecular complexity index is 458. The second-order valence-corrected chi connectivity index (χ2v) is 4.97. The van der Waals surface area contributed by atoms with Gasteiger partial charge < -0.3 is 4.74 Å². The highest BCUT2D eigenvalue weighted by Gasteiger charge is 2.20. The van der Waals surface area contributed by atoms with Crippen LogP contribution in [0.1, 0.15) is 44.5 Å². The number of nitrogens with one attached hydrogen (secondary N) is 1. The van der Waals surface area contributed by atoms with E-state index in [1.165, 1.54) is 4.68 Å². The van der Waals surface area contributed by atoms with Gasteiger partial charge in [0.1, 0.15) is 5.60 Å². The van der Waals surface area contributed by atoms with E-state index in [1.54, 1.807) is 40.9 Å². The maximum Gasteiger partial charge on any atom is 0.413 e. The van der Waals surface area contributed by atoms with E-state index in [4.69, 9.17) is 4.74 Å². The smallest absolute Gasteiger partial charge is 0.413 e. The van der Waals surface area contributed by atoms with Crippen molar-refractivity contribution in [3.05, 3.63) is 11.8 Å². The van der Waals surface area contributed by atoms with Gasteiger partial charge >= 0.3 is 6.09 Å². The number of carbonyl (C=O) groups excluding carboxylic acids is 2. The third-order valence-corrected chi connectivity index (χ3v) is 2.07. The lowest BCUT2D eigenvalue weighted by Gasteiger charge is -2.19. The minimum atomic E-state index is -0.619. The number of Topliss-reactive ketones (excluding diaryl/α,β-unsaturated/α-hetero) is 1. The second-order valence-electron chi connectivity index (χ2n) is 4.97. The van der Waals surface area contributed by atoms with E-state index in [0.717, 1.165) is 0 Å². The highest BCUT2D eigenvalue weighted by molar-refractivity contribution is 6.02. The van der Waals surface area contributed by atoms with Crippen molar-refractivity contribution in [2.45, 2.75) is 39.7 Å². The Labute approximate surface area is 106 Å². The number of ketones is 1. The van der Waals surface area contributed by atoms with Crippen molar-refractivity contribution in [2.24, 2.45) is 7.05 Å². The van der Waals surface area contributed by atoms with Crippen molar-refractivity contribution in [3.8, 4) is 0 Å². The molecule has 1 N–H and O–H groups in total. The third kappa shape index (κ3) is 3.87. The predicted octanol–water partition coefficient (Wildman–Crippen LogP) is 2.36. The summed E-state index contributed by atoms with van der Waals surface area (Å²) in [6.45, 7) is 7.06. The molecule has 1 heterocycles. The van der Waals surface area contributed by atoms with Crippen LogP contribution >= 0.6 is 0 Å². The van der Waals surface area contributed by atoms with Crippen molar-refractivity contribution < 1.29 is 14.3 Å². The molecule has 0 aliphatic carbocycles. The van der Waals surface area contributed by atoms with Crippen LogP contribution in [0.2, 0.25) is 0 Å². The van der Waals surface area contributed by atoms with Crippen molar-refractivity contribution in [2.75, 3.05) is 5.32 Å². The molecule has 18 heavy (non-hydrogen) atoms. The molecule has 6 nitrogen and oxygen atoms in total. The molecule has 0 aliphatic heterocycles. The molecule has 1 rings (SSSR count). The van der Waals surface area contributed by atoms with Crippen molar-refractivity contribution in [3.63, 3.8) is 0 Å². The first-order valence-corrected chi connectivity index (χ1v) is 5.79. The molecule has 0 bridgehead atoms. The van der Waals surface area contributed by atoms with Crippen LogP contribution in [0.15, 0.2) is 6.20 Å². The summed E-state index contributed by atoms with van der Waals surface area (Å²) in [5.74, 6) is 0.160. The van der Waals surface area contributed by atoms with Gasteiger partial charge in [-0.2, -0.15) is 5.10 Å². The molecular weight excluding hydrogens is 234 g/mol. The lowest BCUT2D eigenvalue weighted by molar-refractivity contribution is 0.0635. The number of nitrogens with zero attached hydrogens (tertiary/aromatic N) is 2. The van der Waals surface area contributed by atoms with Gasteiger partial charge in [-0.3, -0.25) is 14.8 Å². The standard InChI is InChI=1S/C12H19N3O3/c1-6-9(16)8-7-15(5)14-10(8)13-11(17)18-12(2,3)4/h7H,6H2,1-5H3,(H,13,14,17). The molecule has 0 saturated carbocycles. The topological polar surface area (TPSA) is 73.2 Å². The van der Waals surface area contributed by atoms with Crippen molar-refractivity contribution >= 4 is 17.7 Å². The van der Waals surface area contributed by atoms with Crippen LogP contribution in [0.5, 0.6) is 0 Å². The summed E-state index contributed by atoms with van der Waals surface area (Å²) in [5.41, 5.74) is -0.195. The molecule has 0 atom stereocenters. The average molecular weight is 253 g/mol. The van der Waals surface area contributed by atoms with Crippen LogP contribution in [0, 0.1) is 0 Å². The fourth-order valence-electron chi connectivity index (χ4n) is 1.38. The van der Waals surface area contributed by atoms with Gasteiger partial charge in [0.25, 0.3) is 0 Å². The maximum absolute atomic E-state index is 11.7. The Kier molecular flexibility index (Phi) is 4.11. The monoisotopic (exact) mass is 253 g/mol. The van der Waals surface area contributed by atoms with E-state index in [-0.39, 0.29) is 11.6 Å². The SMILES string of the molecule is CCC(=O)c1cn(C)nc1NC(=O)OC(C)(C)C. The van der Waals surface area contributed by atoms with Gasteiger partial charge in [-0.1, -0.05) is 6.92 Å². The minimum absolute atomic E-state index is 0.0749. The molecule has 0 unspecified atom stereocenters. The lowest BCUT2D eigenvalue weighted by Crippen LogP contribution is -2.27. The number of hydrogen-bond donors (Lipinski definition) is 1. The number of anilines is 1. The number of aromatic nitrogens is 2. The summed E-state index contributed by atoms with van der Waals surface area (Å²) in [4.78, 5) is 23.3. The molecule has 0 aliphatic rings. The third-order valence-electron chi connectivity index (χ3n) is 2.07. The van der Waals surface area contributed by atoms with Crippen LogP contribution in [0.3, 0.4) is 0 Å². The van der Waals surface area contributed by atoms with Crippen LogP contribution < -0.4 is 5.32 Å². The normalized spacial score (nSPS) is 11.2. The summed E-state index contributed by atoms with van der Waals surface area (Å²) in [7, 11) is 1.69. The van der Waals surface area contributed by atoms with Gasteiger partial charge in [0.05, 0.1) is 5.56 Å². The number of aryl methyl sites for hydroxylation is 1. The largest absolute Gasteiger partial charge is 0.444 e. The van der Waals surface area contributed by atoms with Crippen LogP contribution in [0.4, 0.5) is 10.6 Å². The molecule has 0 aromatic carbocycles. The summed E-state index contributed by atoms with van der Waals surface area (Å²) in [6, 6.07) is 0. The molecular formula is C12H19N3O3. The quantitative estimate of drug-likeness (QED) is 0.839. The summed E-state index contributed by atoms with van der Waals surface area (Å²) >= 11 is 0. The van der Waals surface area contributed by atoms with Crippen LogP contribution in [-0.2, 0) is 11.8 Å². The molecule has 1 amide bonds. The summed E-state index contributed by atoms with van der Waals surface area (Å²) in [5, 5.41) is 6.52. The first-order chi connectivity index (χ1) is 8.23. The van der Waals surface area contributed by atoms with Crippen molar-refractivity contribution in [1.82, 2.24) is 9.78 Å². The van der Waals surface area contributed by atoms with E-state index in [0.29, 0.717) is 12.0 Å². The van der Waals surface area contributed by atoms with E-state index in [2.05, 4.69) is 10.4 Å². The number of hydrogen-bond acceptors (Lipinski definition) is 4. The zero-order valence-electron chi connectivity index (χ0n) is 11.4. The minimum Gasteiger partial charge on any atom is -0.444 e. The molecule has 1 aromatic heterocycles. The average Bonchev–Trinajstić information content (AvgIpc) is 2.55. The molecule has 1 aromatic rings. The van der Waals surface area contributed by atoms with E-state index >= 15 is 0 Å². The maximum atomic E-state index is 11.7. The Morgan fingerprint density at radius 1 is 1.44 bits per heavy atom. The second kappa shape index (κ2) is 5.20. The Morgan fingerprint density at radius 3 is 2.56 bits per heavy atom. The summed E-state index contributed by atoms with van der Waals surface area (Å²) in [6.07, 6.45) is 1.32. The number of ether oxygens (including phenoxy) is 1.